The van der Waals surface area contributed by atoms with Crippen molar-refractivity contribution in [1.29, 1.82) is 0 Å². The SMILES string of the molecule is O=C(c1ccc2cc(Oc3ccc(C(F)(F)F)cn3)ccc2n1)N1CC2CNCCN2C1=O. The van der Waals surface area contributed by atoms with Crippen LogP contribution in [0.5, 0.6) is 11.6 Å². The molecular weight excluding hydrogens is 439 g/mol. The minimum Gasteiger partial charge on any atom is -0.439 e. The van der Waals surface area contributed by atoms with Gasteiger partial charge in [0.1, 0.15) is 11.4 Å². The highest BCUT2D eigenvalue weighted by atomic mass is 19.4. The molecule has 170 valence electrons. The van der Waals surface area contributed by atoms with E-state index >= 15 is 0 Å². The zero-order valence-electron chi connectivity index (χ0n) is 17.2. The lowest BCUT2D eigenvalue weighted by Crippen LogP contribution is -2.50. The summed E-state index contributed by atoms with van der Waals surface area (Å²) in [6.45, 7) is 2.23. The lowest BCUT2D eigenvalue weighted by molar-refractivity contribution is -0.137. The number of hydrogen-bond acceptors (Lipinski definition) is 6. The van der Waals surface area contributed by atoms with Gasteiger partial charge in [-0.2, -0.15) is 13.2 Å². The summed E-state index contributed by atoms with van der Waals surface area (Å²) >= 11 is 0. The van der Waals surface area contributed by atoms with Crippen LogP contribution in [0.3, 0.4) is 0 Å². The number of fused-ring (bicyclic) bond motifs is 2. The van der Waals surface area contributed by atoms with Crippen LogP contribution in [0.25, 0.3) is 10.9 Å². The van der Waals surface area contributed by atoms with Gasteiger partial charge in [-0.1, -0.05) is 6.07 Å². The lowest BCUT2D eigenvalue weighted by Gasteiger charge is -2.28. The molecule has 1 aromatic carbocycles. The second-order valence-corrected chi connectivity index (χ2v) is 7.79. The van der Waals surface area contributed by atoms with E-state index in [2.05, 4.69) is 15.3 Å². The molecule has 11 heteroatoms. The van der Waals surface area contributed by atoms with Crippen molar-refractivity contribution in [2.24, 2.45) is 0 Å². The van der Waals surface area contributed by atoms with Crippen molar-refractivity contribution < 1.29 is 27.5 Å². The van der Waals surface area contributed by atoms with Gasteiger partial charge in [-0.15, -0.1) is 0 Å². The number of carbonyl (C=O) groups is 2. The van der Waals surface area contributed by atoms with Gasteiger partial charge in [0.2, 0.25) is 5.88 Å². The van der Waals surface area contributed by atoms with E-state index in [1.54, 1.807) is 29.2 Å². The normalized spacial score (nSPS) is 18.5. The predicted molar refractivity (Wildman–Crippen MR) is 111 cm³/mol. The Hall–Kier alpha value is -3.73. The van der Waals surface area contributed by atoms with Crippen molar-refractivity contribution in [1.82, 2.24) is 25.1 Å². The van der Waals surface area contributed by atoms with Crippen LogP contribution in [0.4, 0.5) is 18.0 Å². The monoisotopic (exact) mass is 457 g/mol. The van der Waals surface area contributed by atoms with Crippen molar-refractivity contribution >= 4 is 22.8 Å². The summed E-state index contributed by atoms with van der Waals surface area (Å²) in [5.41, 5.74) is -0.195. The number of aromatic nitrogens is 2. The molecule has 1 N–H and O–H groups in total. The van der Waals surface area contributed by atoms with Gasteiger partial charge in [-0.05, 0) is 30.3 Å². The average molecular weight is 457 g/mol. The van der Waals surface area contributed by atoms with Crippen molar-refractivity contribution in [2.45, 2.75) is 12.2 Å². The van der Waals surface area contributed by atoms with Gasteiger partial charge in [0.05, 0.1) is 23.7 Å². The molecule has 0 aliphatic carbocycles. The first-order chi connectivity index (χ1) is 15.8. The Morgan fingerprint density at radius 3 is 2.73 bits per heavy atom. The quantitative estimate of drug-likeness (QED) is 0.650. The van der Waals surface area contributed by atoms with E-state index in [9.17, 15) is 22.8 Å². The van der Waals surface area contributed by atoms with Gasteiger partial charge >= 0.3 is 12.2 Å². The first kappa shape index (κ1) is 21.1. The Morgan fingerprint density at radius 1 is 1.15 bits per heavy atom. The standard InChI is InChI=1S/C22H18F3N5O3/c23-22(24,25)14-2-6-19(27-10-14)33-16-3-5-17-13(9-16)1-4-18(28-17)20(31)30-12-15-11-26-7-8-29(15)21(30)32/h1-6,9-10,15,26H,7-8,11-12H2. The van der Waals surface area contributed by atoms with Gasteiger partial charge in [-0.3, -0.25) is 9.69 Å². The van der Waals surface area contributed by atoms with Gasteiger partial charge in [0.15, 0.2) is 0 Å². The van der Waals surface area contributed by atoms with Crippen LogP contribution < -0.4 is 10.1 Å². The molecule has 3 aromatic rings. The number of piperazine rings is 1. The molecule has 2 saturated heterocycles. The van der Waals surface area contributed by atoms with E-state index < -0.39 is 17.6 Å². The molecule has 4 heterocycles. The van der Waals surface area contributed by atoms with Crippen LogP contribution in [0.2, 0.25) is 0 Å². The van der Waals surface area contributed by atoms with E-state index in [4.69, 9.17) is 4.74 Å². The summed E-state index contributed by atoms with van der Waals surface area (Å²) < 4.78 is 43.6. The zero-order chi connectivity index (χ0) is 23.2. The number of imide groups is 1. The van der Waals surface area contributed by atoms with E-state index in [-0.39, 0.29) is 23.6 Å². The number of ether oxygens (including phenoxy) is 1. The van der Waals surface area contributed by atoms with Gasteiger partial charge < -0.3 is 15.0 Å². The Bertz CT molecular complexity index is 1230. The molecule has 8 nitrogen and oxygen atoms in total. The highest BCUT2D eigenvalue weighted by Crippen LogP contribution is 2.30. The number of nitrogens with zero attached hydrogens (tertiary/aromatic N) is 4. The maximum Gasteiger partial charge on any atom is 0.417 e. The van der Waals surface area contributed by atoms with Crippen LogP contribution in [-0.4, -0.2) is 63.9 Å². The summed E-state index contributed by atoms with van der Waals surface area (Å²) in [5, 5.41) is 3.88. The van der Waals surface area contributed by atoms with Gasteiger partial charge in [0, 0.05) is 37.3 Å². The van der Waals surface area contributed by atoms with E-state index in [1.807, 2.05) is 0 Å². The maximum atomic E-state index is 12.9. The molecule has 2 aliphatic heterocycles. The van der Waals surface area contributed by atoms with Crippen molar-refractivity contribution in [3.63, 3.8) is 0 Å². The summed E-state index contributed by atoms with van der Waals surface area (Å²) in [4.78, 5) is 36.5. The Balaban J connectivity index is 1.33. The lowest BCUT2D eigenvalue weighted by atomic mass is 10.2. The number of urea groups is 1. The second kappa shape index (κ2) is 8.00. The van der Waals surface area contributed by atoms with E-state index in [0.717, 1.165) is 12.1 Å². The Kier molecular flexibility index (Phi) is 5.12. The summed E-state index contributed by atoms with van der Waals surface area (Å²) in [7, 11) is 0. The molecule has 2 aromatic heterocycles. The zero-order valence-corrected chi connectivity index (χ0v) is 17.2. The number of pyridine rings is 2. The number of alkyl halides is 3. The summed E-state index contributed by atoms with van der Waals surface area (Å²) in [5.74, 6) is -0.0825. The first-order valence-corrected chi connectivity index (χ1v) is 10.2. The van der Waals surface area contributed by atoms with Crippen LogP contribution >= 0.6 is 0 Å². The minimum atomic E-state index is -4.47. The van der Waals surface area contributed by atoms with Crippen LogP contribution in [0.15, 0.2) is 48.7 Å². The van der Waals surface area contributed by atoms with Gasteiger partial charge in [0.25, 0.3) is 5.91 Å². The maximum absolute atomic E-state index is 12.9. The number of halogens is 3. The fraction of sp³-hybridized carbons (Fsp3) is 0.273. The molecule has 0 spiro atoms. The van der Waals surface area contributed by atoms with Crippen molar-refractivity contribution in [3.05, 3.63) is 59.9 Å². The molecule has 33 heavy (non-hydrogen) atoms. The molecule has 0 saturated carbocycles. The molecule has 0 bridgehead atoms. The van der Waals surface area contributed by atoms with Crippen LogP contribution in [0, 0.1) is 0 Å². The summed E-state index contributed by atoms with van der Waals surface area (Å²) in [6, 6.07) is 9.76. The highest BCUT2D eigenvalue weighted by molar-refractivity contribution is 6.05. The fourth-order valence-corrected chi connectivity index (χ4v) is 3.94. The molecular formula is C22H18F3N5O3. The first-order valence-electron chi connectivity index (χ1n) is 10.2. The molecule has 5 rings (SSSR count). The molecule has 3 amide bonds. The number of amides is 3. The number of nitrogens with one attached hydrogen (secondary N) is 1. The number of benzene rings is 1. The number of carbonyl (C=O) groups excluding carboxylic acids is 2. The molecule has 1 unspecified atom stereocenters. The summed E-state index contributed by atoms with van der Waals surface area (Å²) in [6.07, 6.45) is -3.76. The average Bonchev–Trinajstić information content (AvgIpc) is 3.14. The number of rotatable bonds is 3. The van der Waals surface area contributed by atoms with Crippen molar-refractivity contribution in [2.75, 3.05) is 26.2 Å². The second-order valence-electron chi connectivity index (χ2n) is 7.79. The van der Waals surface area contributed by atoms with Crippen LogP contribution in [0.1, 0.15) is 16.1 Å². The Labute approximate surface area is 186 Å². The fourth-order valence-electron chi connectivity index (χ4n) is 3.94. The number of hydrogen-bond donors (Lipinski definition) is 1. The predicted octanol–water partition coefficient (Wildman–Crippen LogP) is 3.29. The molecule has 2 aliphatic rings. The molecule has 1 atom stereocenters. The van der Waals surface area contributed by atoms with E-state index in [0.29, 0.717) is 49.0 Å². The molecule has 2 fully saturated rings. The van der Waals surface area contributed by atoms with Crippen LogP contribution in [-0.2, 0) is 6.18 Å². The van der Waals surface area contributed by atoms with Gasteiger partial charge in [-0.25, -0.2) is 14.8 Å². The van der Waals surface area contributed by atoms with E-state index in [1.165, 1.54) is 11.0 Å². The third kappa shape index (κ3) is 4.07. The highest BCUT2D eigenvalue weighted by Gasteiger charge is 2.42. The third-order valence-electron chi connectivity index (χ3n) is 5.63. The largest absolute Gasteiger partial charge is 0.439 e. The smallest absolute Gasteiger partial charge is 0.417 e. The Morgan fingerprint density at radius 2 is 2.00 bits per heavy atom. The molecule has 0 radical (unpaired) electrons. The minimum absolute atomic E-state index is 0.0145. The topological polar surface area (TPSA) is 87.7 Å². The van der Waals surface area contributed by atoms with Crippen molar-refractivity contribution in [3.8, 4) is 11.6 Å². The third-order valence-corrected chi connectivity index (χ3v) is 5.63.